The van der Waals surface area contributed by atoms with Gasteiger partial charge in [0.1, 0.15) is 11.6 Å². The van der Waals surface area contributed by atoms with Crippen LogP contribution in [0.1, 0.15) is 36.1 Å². The maximum Gasteiger partial charge on any atom is 0.227 e. The topological polar surface area (TPSA) is 41.1 Å². The average Bonchev–Trinajstić information content (AvgIpc) is 2.75. The third kappa shape index (κ3) is 4.85. The van der Waals surface area contributed by atoms with Gasteiger partial charge in [-0.1, -0.05) is 42.5 Å². The second-order valence-corrected chi connectivity index (χ2v) is 7.23. The number of nitrogens with one attached hydrogen (secondary N) is 1. The van der Waals surface area contributed by atoms with Gasteiger partial charge in [-0.2, -0.15) is 4.98 Å². The Kier molecular flexibility index (Phi) is 5.80. The number of benzene rings is 2. The van der Waals surface area contributed by atoms with Gasteiger partial charge in [-0.3, -0.25) is 0 Å². The summed E-state index contributed by atoms with van der Waals surface area (Å²) in [6.45, 7) is 2.61. The Labute approximate surface area is 165 Å². The van der Waals surface area contributed by atoms with Crippen LogP contribution in [0.25, 0.3) is 0 Å². The second kappa shape index (κ2) is 8.83. The molecule has 0 atom stereocenters. The van der Waals surface area contributed by atoms with Gasteiger partial charge in [0, 0.05) is 32.1 Å². The standard InChI is InChI=1S/C23H25FN4/c24-20-11-9-19(10-12-20)17-25-22-16-21(15-18-7-3-1-4-8-18)26-23(27-22)28-13-5-2-6-14-28/h1,3-4,7-12,16H,2,5-6,13-15,17H2,(H,25,26,27). The summed E-state index contributed by atoms with van der Waals surface area (Å²) in [6, 6.07) is 18.9. The van der Waals surface area contributed by atoms with Crippen LogP contribution in [0.2, 0.25) is 0 Å². The van der Waals surface area contributed by atoms with Gasteiger partial charge in [0.2, 0.25) is 5.95 Å². The molecule has 0 bridgehead atoms. The van der Waals surface area contributed by atoms with Crippen LogP contribution in [0.15, 0.2) is 60.7 Å². The molecular weight excluding hydrogens is 351 g/mol. The molecule has 1 fully saturated rings. The number of aromatic nitrogens is 2. The lowest BCUT2D eigenvalue weighted by molar-refractivity contribution is 0.567. The maximum absolute atomic E-state index is 13.1. The highest BCUT2D eigenvalue weighted by Crippen LogP contribution is 2.20. The van der Waals surface area contributed by atoms with E-state index in [4.69, 9.17) is 9.97 Å². The Bertz CT molecular complexity index is 890. The molecule has 5 heteroatoms. The zero-order valence-corrected chi connectivity index (χ0v) is 15.9. The van der Waals surface area contributed by atoms with Crippen LogP contribution < -0.4 is 10.2 Å². The highest BCUT2D eigenvalue weighted by molar-refractivity contribution is 5.45. The molecule has 28 heavy (non-hydrogen) atoms. The monoisotopic (exact) mass is 376 g/mol. The molecule has 2 heterocycles. The molecule has 0 aliphatic carbocycles. The van der Waals surface area contributed by atoms with Crippen molar-refractivity contribution in [2.45, 2.75) is 32.2 Å². The van der Waals surface area contributed by atoms with Crippen LogP contribution in [-0.2, 0) is 13.0 Å². The van der Waals surface area contributed by atoms with E-state index in [1.54, 1.807) is 12.1 Å². The molecule has 0 unspecified atom stereocenters. The van der Waals surface area contributed by atoms with Crippen molar-refractivity contribution < 1.29 is 4.39 Å². The molecule has 4 rings (SSSR count). The van der Waals surface area contributed by atoms with Crippen molar-refractivity contribution in [3.05, 3.63) is 83.3 Å². The molecule has 0 spiro atoms. The Hall–Kier alpha value is -2.95. The van der Waals surface area contributed by atoms with E-state index in [1.807, 2.05) is 12.1 Å². The number of hydrogen-bond acceptors (Lipinski definition) is 4. The maximum atomic E-state index is 13.1. The molecular formula is C23H25FN4. The van der Waals surface area contributed by atoms with Crippen LogP contribution >= 0.6 is 0 Å². The predicted octanol–water partition coefficient (Wildman–Crippen LogP) is 4.81. The van der Waals surface area contributed by atoms with E-state index in [0.717, 1.165) is 42.5 Å². The molecule has 1 N–H and O–H groups in total. The van der Waals surface area contributed by atoms with Gasteiger partial charge in [-0.05, 0) is 42.5 Å². The van der Waals surface area contributed by atoms with Crippen molar-refractivity contribution >= 4 is 11.8 Å². The van der Waals surface area contributed by atoms with E-state index < -0.39 is 0 Å². The minimum Gasteiger partial charge on any atom is -0.366 e. The normalized spacial score (nSPS) is 14.1. The van der Waals surface area contributed by atoms with Crippen molar-refractivity contribution in [1.29, 1.82) is 0 Å². The van der Waals surface area contributed by atoms with Gasteiger partial charge in [0.25, 0.3) is 0 Å². The average molecular weight is 376 g/mol. The van der Waals surface area contributed by atoms with Crippen LogP contribution in [0.4, 0.5) is 16.2 Å². The molecule has 0 amide bonds. The Morgan fingerprint density at radius 2 is 1.61 bits per heavy atom. The largest absolute Gasteiger partial charge is 0.366 e. The molecule has 1 aliphatic heterocycles. The minimum absolute atomic E-state index is 0.219. The number of halogens is 1. The van der Waals surface area contributed by atoms with Gasteiger partial charge in [0.05, 0.1) is 5.69 Å². The zero-order chi connectivity index (χ0) is 19.2. The molecule has 4 nitrogen and oxygen atoms in total. The van der Waals surface area contributed by atoms with Crippen molar-refractivity contribution in [3.63, 3.8) is 0 Å². The molecule has 0 radical (unpaired) electrons. The first-order valence-corrected chi connectivity index (χ1v) is 9.91. The SMILES string of the molecule is Fc1ccc(CNc2cc(Cc3ccccc3)nc(N3CCCCC3)n2)cc1. The summed E-state index contributed by atoms with van der Waals surface area (Å²) in [4.78, 5) is 11.9. The molecule has 1 aromatic heterocycles. The van der Waals surface area contributed by atoms with E-state index in [-0.39, 0.29) is 5.82 Å². The van der Waals surface area contributed by atoms with Crippen LogP contribution in [0.3, 0.4) is 0 Å². The first kappa shape index (κ1) is 18.4. The third-order valence-corrected chi connectivity index (χ3v) is 5.02. The van der Waals surface area contributed by atoms with Crippen molar-refractivity contribution in [2.75, 3.05) is 23.3 Å². The lowest BCUT2D eigenvalue weighted by Crippen LogP contribution is -2.31. The Morgan fingerprint density at radius 1 is 0.857 bits per heavy atom. The molecule has 0 saturated carbocycles. The zero-order valence-electron chi connectivity index (χ0n) is 15.9. The summed E-state index contributed by atoms with van der Waals surface area (Å²) in [5.41, 5.74) is 3.25. The summed E-state index contributed by atoms with van der Waals surface area (Å²) >= 11 is 0. The predicted molar refractivity (Wildman–Crippen MR) is 111 cm³/mol. The Balaban J connectivity index is 1.56. The second-order valence-electron chi connectivity index (χ2n) is 7.23. The van der Waals surface area contributed by atoms with Crippen LogP contribution in [-0.4, -0.2) is 23.1 Å². The highest BCUT2D eigenvalue weighted by atomic mass is 19.1. The Morgan fingerprint density at radius 3 is 2.36 bits per heavy atom. The fourth-order valence-corrected chi connectivity index (χ4v) is 3.50. The summed E-state index contributed by atoms with van der Waals surface area (Å²) in [5.74, 6) is 1.39. The molecule has 2 aromatic carbocycles. The quantitative estimate of drug-likeness (QED) is 0.670. The van der Waals surface area contributed by atoms with Gasteiger partial charge in [-0.15, -0.1) is 0 Å². The summed E-state index contributed by atoms with van der Waals surface area (Å²) in [7, 11) is 0. The lowest BCUT2D eigenvalue weighted by Gasteiger charge is -2.27. The third-order valence-electron chi connectivity index (χ3n) is 5.02. The van der Waals surface area contributed by atoms with Crippen molar-refractivity contribution in [3.8, 4) is 0 Å². The van der Waals surface area contributed by atoms with E-state index >= 15 is 0 Å². The molecule has 1 aliphatic rings. The summed E-state index contributed by atoms with van der Waals surface area (Å²) < 4.78 is 13.1. The summed E-state index contributed by atoms with van der Waals surface area (Å²) in [5, 5.41) is 3.39. The first-order valence-electron chi connectivity index (χ1n) is 9.91. The van der Waals surface area contributed by atoms with E-state index in [9.17, 15) is 4.39 Å². The van der Waals surface area contributed by atoms with Crippen molar-refractivity contribution in [1.82, 2.24) is 9.97 Å². The van der Waals surface area contributed by atoms with Gasteiger partial charge < -0.3 is 10.2 Å². The van der Waals surface area contributed by atoms with Crippen LogP contribution in [0.5, 0.6) is 0 Å². The smallest absolute Gasteiger partial charge is 0.227 e. The molecule has 1 saturated heterocycles. The molecule has 144 valence electrons. The van der Waals surface area contributed by atoms with E-state index in [1.165, 1.54) is 37.0 Å². The molecule has 3 aromatic rings. The van der Waals surface area contributed by atoms with Gasteiger partial charge in [-0.25, -0.2) is 9.37 Å². The number of anilines is 2. The van der Waals surface area contributed by atoms with Gasteiger partial charge >= 0.3 is 0 Å². The number of piperidine rings is 1. The number of rotatable bonds is 6. The number of nitrogens with zero attached hydrogens (tertiary/aromatic N) is 3. The highest BCUT2D eigenvalue weighted by Gasteiger charge is 2.15. The minimum atomic E-state index is -0.219. The number of hydrogen-bond donors (Lipinski definition) is 1. The van der Waals surface area contributed by atoms with Crippen LogP contribution in [0, 0.1) is 5.82 Å². The van der Waals surface area contributed by atoms with Crippen molar-refractivity contribution in [2.24, 2.45) is 0 Å². The summed E-state index contributed by atoms with van der Waals surface area (Å²) in [6.07, 6.45) is 4.42. The fraction of sp³-hybridized carbons (Fsp3) is 0.304. The van der Waals surface area contributed by atoms with E-state index in [0.29, 0.717) is 6.54 Å². The fourth-order valence-electron chi connectivity index (χ4n) is 3.50. The first-order chi connectivity index (χ1) is 13.8. The van der Waals surface area contributed by atoms with Gasteiger partial charge in [0.15, 0.2) is 0 Å². The van der Waals surface area contributed by atoms with E-state index in [2.05, 4.69) is 34.5 Å². The lowest BCUT2D eigenvalue weighted by atomic mass is 10.1.